The van der Waals surface area contributed by atoms with Crippen LogP contribution in [0.1, 0.15) is 20.0 Å². The third kappa shape index (κ3) is 3.29. The highest BCUT2D eigenvalue weighted by Crippen LogP contribution is 2.34. The average Bonchev–Trinajstić information content (AvgIpc) is 2.96. The lowest BCUT2D eigenvalue weighted by molar-refractivity contribution is 0.0695. The summed E-state index contributed by atoms with van der Waals surface area (Å²) in [6.07, 6.45) is 0. The van der Waals surface area contributed by atoms with Crippen molar-refractivity contribution >= 4 is 44.8 Å². The molecule has 27 heavy (non-hydrogen) atoms. The first-order chi connectivity index (χ1) is 12.8. The van der Waals surface area contributed by atoms with Gasteiger partial charge in [-0.3, -0.25) is 9.59 Å². The van der Waals surface area contributed by atoms with E-state index in [4.69, 9.17) is 20.3 Å². The van der Waals surface area contributed by atoms with Crippen LogP contribution >= 0.6 is 11.3 Å². The van der Waals surface area contributed by atoms with Crippen molar-refractivity contribution in [3.05, 3.63) is 45.1 Å². The van der Waals surface area contributed by atoms with E-state index in [1.165, 1.54) is 14.2 Å². The second kappa shape index (κ2) is 7.00. The van der Waals surface area contributed by atoms with Gasteiger partial charge >= 0.3 is 5.97 Å². The first kappa shape index (κ1) is 18.3. The number of aromatic nitrogens is 1. The Morgan fingerprint density at radius 3 is 2.59 bits per heavy atom. The highest BCUT2D eigenvalue weighted by Gasteiger charge is 2.21. The number of rotatable bonds is 5. The molecule has 0 bridgehead atoms. The van der Waals surface area contributed by atoms with Crippen LogP contribution in [0.2, 0.25) is 0 Å². The first-order valence-corrected chi connectivity index (χ1v) is 8.39. The van der Waals surface area contributed by atoms with Crippen molar-refractivity contribution in [2.75, 3.05) is 25.3 Å². The Balaban J connectivity index is 2.03. The number of hydrogen-bond acceptors (Lipinski definition) is 7. The predicted molar refractivity (Wildman–Crippen MR) is 101 cm³/mol. The minimum absolute atomic E-state index is 0.0770. The molecule has 0 fully saturated rings. The van der Waals surface area contributed by atoms with Crippen LogP contribution in [-0.2, 0) is 0 Å². The zero-order chi connectivity index (χ0) is 19.7. The Hall–Kier alpha value is -3.53. The summed E-state index contributed by atoms with van der Waals surface area (Å²) < 4.78 is 10.4. The van der Waals surface area contributed by atoms with Gasteiger partial charge in [0.1, 0.15) is 26.8 Å². The molecule has 140 valence electrons. The van der Waals surface area contributed by atoms with Crippen LogP contribution in [0.15, 0.2) is 29.1 Å². The van der Waals surface area contributed by atoms with Crippen molar-refractivity contribution in [2.24, 2.45) is 0 Å². The van der Waals surface area contributed by atoms with Gasteiger partial charge in [0.25, 0.3) is 11.5 Å². The summed E-state index contributed by atoms with van der Waals surface area (Å²) >= 11 is 0.952. The maximum Gasteiger partial charge on any atom is 0.341 e. The van der Waals surface area contributed by atoms with Gasteiger partial charge in [-0.1, -0.05) is 0 Å². The lowest BCUT2D eigenvalue weighted by Gasteiger charge is -2.11. The number of amides is 1. The molecule has 2 heterocycles. The topological polar surface area (TPSA) is 144 Å². The molecule has 3 aromatic rings. The van der Waals surface area contributed by atoms with Gasteiger partial charge in [-0.2, -0.15) is 0 Å². The number of ether oxygens (including phenoxy) is 2. The summed E-state index contributed by atoms with van der Waals surface area (Å²) in [4.78, 5) is 38.5. The molecule has 0 aliphatic heterocycles. The van der Waals surface area contributed by atoms with Gasteiger partial charge in [-0.25, -0.2) is 4.79 Å². The van der Waals surface area contributed by atoms with Crippen LogP contribution in [0.4, 0.5) is 11.4 Å². The smallest absolute Gasteiger partial charge is 0.341 e. The number of methoxy groups -OCH3 is 2. The molecule has 0 radical (unpaired) electrons. The minimum atomic E-state index is -1.38. The van der Waals surface area contributed by atoms with Gasteiger partial charge in [0.15, 0.2) is 0 Å². The molecule has 0 aliphatic rings. The number of nitrogen functional groups attached to an aromatic ring is 1. The lowest BCUT2D eigenvalue weighted by Crippen LogP contribution is -2.16. The predicted octanol–water partition coefficient (Wildman–Crippen LogP) is 2.14. The molecule has 0 saturated heterocycles. The Kier molecular flexibility index (Phi) is 4.74. The number of benzene rings is 1. The second-order valence-electron chi connectivity index (χ2n) is 5.43. The highest BCUT2D eigenvalue weighted by molar-refractivity contribution is 7.21. The summed E-state index contributed by atoms with van der Waals surface area (Å²) in [5.74, 6) is -0.968. The maximum absolute atomic E-state index is 12.7. The van der Waals surface area contributed by atoms with E-state index in [0.717, 1.165) is 17.4 Å². The molecule has 9 nitrogen and oxygen atoms in total. The van der Waals surface area contributed by atoms with E-state index in [2.05, 4.69) is 10.3 Å². The molecule has 0 aliphatic carbocycles. The number of carboxylic acids is 1. The summed E-state index contributed by atoms with van der Waals surface area (Å²) in [6.45, 7) is 0. The number of nitrogens with one attached hydrogen (secondary N) is 2. The highest BCUT2D eigenvalue weighted by atomic mass is 32.1. The number of anilines is 2. The molecular weight excluding hydrogens is 374 g/mol. The van der Waals surface area contributed by atoms with E-state index < -0.39 is 23.0 Å². The number of nitrogens with two attached hydrogens (primary N) is 1. The summed E-state index contributed by atoms with van der Waals surface area (Å²) in [7, 11) is 2.96. The SMILES string of the molecule is COc1ccc(OC)c(NC(=O)c2sc3[nH]c(=O)c(C(=O)O)cc3c2N)c1. The van der Waals surface area contributed by atoms with Crippen LogP contribution in [0.3, 0.4) is 0 Å². The number of carbonyl (C=O) groups is 2. The minimum Gasteiger partial charge on any atom is -0.497 e. The van der Waals surface area contributed by atoms with Crippen LogP contribution in [0.5, 0.6) is 11.5 Å². The number of thiophene rings is 1. The number of aromatic carboxylic acids is 1. The largest absolute Gasteiger partial charge is 0.497 e. The third-order valence-electron chi connectivity index (χ3n) is 3.84. The van der Waals surface area contributed by atoms with Crippen molar-refractivity contribution in [2.45, 2.75) is 0 Å². The quantitative estimate of drug-likeness (QED) is 0.523. The van der Waals surface area contributed by atoms with Gasteiger partial charge in [0, 0.05) is 11.5 Å². The van der Waals surface area contributed by atoms with E-state index in [1.807, 2.05) is 0 Å². The van der Waals surface area contributed by atoms with Gasteiger partial charge in [-0.05, 0) is 18.2 Å². The summed E-state index contributed by atoms with van der Waals surface area (Å²) in [6, 6.07) is 6.07. The number of hydrogen-bond donors (Lipinski definition) is 4. The third-order valence-corrected chi connectivity index (χ3v) is 4.97. The molecule has 0 spiro atoms. The number of carboxylic acid groups (broad SMARTS) is 1. The fourth-order valence-corrected chi connectivity index (χ4v) is 3.48. The van der Waals surface area contributed by atoms with Gasteiger partial charge in [0.05, 0.1) is 25.6 Å². The van der Waals surface area contributed by atoms with Gasteiger partial charge in [-0.15, -0.1) is 11.3 Å². The van der Waals surface area contributed by atoms with E-state index in [0.29, 0.717) is 27.4 Å². The zero-order valence-corrected chi connectivity index (χ0v) is 15.1. The fourth-order valence-electron chi connectivity index (χ4n) is 2.49. The van der Waals surface area contributed by atoms with E-state index in [1.54, 1.807) is 18.2 Å². The number of carbonyl (C=O) groups excluding carboxylic acids is 1. The van der Waals surface area contributed by atoms with Crippen molar-refractivity contribution < 1.29 is 24.2 Å². The van der Waals surface area contributed by atoms with Crippen molar-refractivity contribution in [3.63, 3.8) is 0 Å². The van der Waals surface area contributed by atoms with Crippen molar-refractivity contribution in [1.82, 2.24) is 4.98 Å². The molecule has 0 unspecified atom stereocenters. The van der Waals surface area contributed by atoms with Crippen LogP contribution in [0, 0.1) is 0 Å². The molecule has 1 aromatic carbocycles. The molecule has 0 atom stereocenters. The van der Waals surface area contributed by atoms with E-state index in [-0.39, 0.29) is 10.6 Å². The Morgan fingerprint density at radius 1 is 1.22 bits per heavy atom. The normalized spacial score (nSPS) is 10.6. The Bertz CT molecular complexity index is 1120. The van der Waals surface area contributed by atoms with Crippen molar-refractivity contribution in [1.29, 1.82) is 0 Å². The number of fused-ring (bicyclic) bond motifs is 1. The average molecular weight is 389 g/mol. The monoisotopic (exact) mass is 389 g/mol. The molecular formula is C17H15N3O6S. The number of H-pyrrole nitrogens is 1. The summed E-state index contributed by atoms with van der Waals surface area (Å²) in [5, 5.41) is 12.0. The van der Waals surface area contributed by atoms with Crippen LogP contribution < -0.4 is 26.1 Å². The summed E-state index contributed by atoms with van der Waals surface area (Å²) in [5.41, 5.74) is 5.25. The molecule has 5 N–H and O–H groups in total. The van der Waals surface area contributed by atoms with Crippen LogP contribution in [-0.4, -0.2) is 36.2 Å². The molecule has 2 aromatic heterocycles. The fraction of sp³-hybridized carbons (Fsp3) is 0.118. The Labute approximate surface area is 156 Å². The maximum atomic E-state index is 12.7. The number of aromatic amines is 1. The molecule has 3 rings (SSSR count). The first-order valence-electron chi connectivity index (χ1n) is 7.57. The van der Waals surface area contributed by atoms with Crippen LogP contribution in [0.25, 0.3) is 10.2 Å². The molecule has 10 heteroatoms. The van der Waals surface area contributed by atoms with Gasteiger partial charge < -0.3 is 30.6 Å². The molecule has 1 amide bonds. The zero-order valence-electron chi connectivity index (χ0n) is 14.3. The standard InChI is InChI=1S/C17H15N3O6S/c1-25-7-3-4-11(26-2)10(5-7)19-15(22)13-12(18)8-6-9(17(23)24)14(21)20-16(8)27-13/h3-6H,18H2,1-2H3,(H,19,22)(H,20,21)(H,23,24). The lowest BCUT2D eigenvalue weighted by atomic mass is 10.2. The number of pyridine rings is 1. The second-order valence-corrected chi connectivity index (χ2v) is 6.45. The Morgan fingerprint density at radius 2 is 1.96 bits per heavy atom. The van der Waals surface area contributed by atoms with E-state index >= 15 is 0 Å². The van der Waals surface area contributed by atoms with E-state index in [9.17, 15) is 14.4 Å². The molecule has 0 saturated carbocycles. The van der Waals surface area contributed by atoms with Crippen molar-refractivity contribution in [3.8, 4) is 11.5 Å². The van der Waals surface area contributed by atoms with Gasteiger partial charge in [0.2, 0.25) is 0 Å².